The third-order valence-electron chi connectivity index (χ3n) is 6.13. The number of benzene rings is 1. The third-order valence-corrected chi connectivity index (χ3v) is 6.13. The Balaban J connectivity index is 1.94. The van der Waals surface area contributed by atoms with E-state index in [9.17, 15) is 14.9 Å². The molecule has 1 unspecified atom stereocenters. The van der Waals surface area contributed by atoms with Crippen molar-refractivity contribution in [2.75, 3.05) is 25.1 Å². The number of nitrogens with two attached hydrogens (primary N) is 1. The molecule has 0 aliphatic carbocycles. The first-order chi connectivity index (χ1) is 16.4. The summed E-state index contributed by atoms with van der Waals surface area (Å²) in [4.78, 5) is 33.7. The number of methoxy groups -OCH3 is 1. The van der Waals surface area contributed by atoms with Crippen molar-refractivity contribution in [3.63, 3.8) is 0 Å². The van der Waals surface area contributed by atoms with Crippen molar-refractivity contribution in [3.05, 3.63) is 50.2 Å². The van der Waals surface area contributed by atoms with Gasteiger partial charge in [0, 0.05) is 26.2 Å². The first kappa shape index (κ1) is 23.1. The highest BCUT2D eigenvalue weighted by molar-refractivity contribution is 5.75. The maximum absolute atomic E-state index is 13.7. The van der Waals surface area contributed by atoms with Gasteiger partial charge in [0.1, 0.15) is 5.75 Å². The van der Waals surface area contributed by atoms with E-state index >= 15 is 0 Å². The lowest BCUT2D eigenvalue weighted by molar-refractivity contribution is 0.414. The molecule has 1 aliphatic heterocycles. The number of aryl methyl sites for hydroxylation is 1. The fourth-order valence-electron chi connectivity index (χ4n) is 4.35. The van der Waals surface area contributed by atoms with Crippen LogP contribution in [0.2, 0.25) is 0 Å². The molecule has 0 bridgehead atoms. The predicted octanol–water partition coefficient (Wildman–Crippen LogP) is 0.776. The van der Waals surface area contributed by atoms with E-state index < -0.39 is 11.2 Å². The Hall–Kier alpha value is -4.02. The molecule has 1 aliphatic rings. The summed E-state index contributed by atoms with van der Waals surface area (Å²) >= 11 is 0. The molecule has 2 N–H and O–H groups in total. The van der Waals surface area contributed by atoms with Gasteiger partial charge in [-0.15, -0.1) is 5.92 Å². The summed E-state index contributed by atoms with van der Waals surface area (Å²) in [7, 11) is 3.11. The number of rotatable bonds is 5. The van der Waals surface area contributed by atoms with E-state index in [1.54, 1.807) is 36.7 Å². The zero-order chi connectivity index (χ0) is 24.4. The molecular formula is C24H27N7O3. The SMILES string of the molecule is CC#CCn1c(N2CCCC(N)C2)nc2c1c(=O)n(Cc1cc(OC)ccc1C#N)c(=O)n2C. The lowest BCUT2D eigenvalue weighted by atomic mass is 10.1. The molecule has 10 nitrogen and oxygen atoms in total. The van der Waals surface area contributed by atoms with Crippen molar-refractivity contribution in [3.8, 4) is 23.7 Å². The van der Waals surface area contributed by atoms with Crippen LogP contribution >= 0.6 is 0 Å². The van der Waals surface area contributed by atoms with Crippen LogP contribution < -0.4 is 26.6 Å². The first-order valence-electron chi connectivity index (χ1n) is 11.1. The van der Waals surface area contributed by atoms with Gasteiger partial charge in [-0.05, 0) is 43.5 Å². The second-order valence-corrected chi connectivity index (χ2v) is 8.31. The van der Waals surface area contributed by atoms with Crippen LogP contribution in [0.25, 0.3) is 11.2 Å². The summed E-state index contributed by atoms with van der Waals surface area (Å²) in [6.07, 6.45) is 1.85. The smallest absolute Gasteiger partial charge is 0.332 e. The van der Waals surface area contributed by atoms with Crippen molar-refractivity contribution in [2.45, 2.75) is 38.9 Å². The summed E-state index contributed by atoms with van der Waals surface area (Å²) in [5.41, 5.74) is 6.66. The summed E-state index contributed by atoms with van der Waals surface area (Å²) in [5.74, 6) is 7.00. The van der Waals surface area contributed by atoms with E-state index in [4.69, 9.17) is 15.5 Å². The summed E-state index contributed by atoms with van der Waals surface area (Å²) in [6.45, 7) is 3.28. The van der Waals surface area contributed by atoms with Crippen molar-refractivity contribution in [1.29, 1.82) is 5.26 Å². The molecule has 1 saturated heterocycles. The topological polar surface area (TPSA) is 124 Å². The average molecular weight is 462 g/mol. The zero-order valence-corrected chi connectivity index (χ0v) is 19.5. The molecule has 0 spiro atoms. The van der Waals surface area contributed by atoms with Crippen molar-refractivity contribution in [2.24, 2.45) is 12.8 Å². The zero-order valence-electron chi connectivity index (χ0n) is 19.5. The quantitative estimate of drug-likeness (QED) is 0.557. The number of imidazole rings is 1. The fourth-order valence-corrected chi connectivity index (χ4v) is 4.35. The Bertz CT molecular complexity index is 1460. The maximum atomic E-state index is 13.7. The van der Waals surface area contributed by atoms with Crippen LogP contribution in [-0.2, 0) is 20.1 Å². The minimum absolute atomic E-state index is 0.0113. The van der Waals surface area contributed by atoms with Crippen molar-refractivity contribution >= 4 is 17.1 Å². The number of fused-ring (bicyclic) bond motifs is 1. The second kappa shape index (κ2) is 9.46. The van der Waals surface area contributed by atoms with Gasteiger partial charge in [0.15, 0.2) is 11.2 Å². The Morgan fingerprint density at radius 1 is 1.29 bits per heavy atom. The molecule has 3 heterocycles. The van der Waals surface area contributed by atoms with Crippen LogP contribution in [0.3, 0.4) is 0 Å². The maximum Gasteiger partial charge on any atom is 0.332 e. The van der Waals surface area contributed by atoms with Gasteiger partial charge in [-0.25, -0.2) is 4.79 Å². The van der Waals surface area contributed by atoms with Gasteiger partial charge in [-0.1, -0.05) is 5.92 Å². The highest BCUT2D eigenvalue weighted by atomic mass is 16.5. The van der Waals surface area contributed by atoms with Gasteiger partial charge < -0.3 is 15.4 Å². The highest BCUT2D eigenvalue weighted by Crippen LogP contribution is 2.23. The molecule has 1 atom stereocenters. The summed E-state index contributed by atoms with van der Waals surface area (Å²) in [6, 6.07) is 7.07. The number of hydrogen-bond acceptors (Lipinski definition) is 7. The Labute approximate surface area is 196 Å². The highest BCUT2D eigenvalue weighted by Gasteiger charge is 2.26. The monoisotopic (exact) mass is 461 g/mol. The first-order valence-corrected chi connectivity index (χ1v) is 11.1. The van der Waals surface area contributed by atoms with E-state index in [0.717, 1.165) is 24.0 Å². The molecule has 176 valence electrons. The molecule has 1 fully saturated rings. The van der Waals surface area contributed by atoms with Gasteiger partial charge in [0.2, 0.25) is 5.95 Å². The minimum atomic E-state index is -0.516. The fraction of sp³-hybridized carbons (Fsp3) is 0.417. The van der Waals surface area contributed by atoms with Gasteiger partial charge in [0.05, 0.1) is 31.8 Å². The van der Waals surface area contributed by atoms with E-state index in [2.05, 4.69) is 22.8 Å². The number of anilines is 1. The molecule has 0 amide bonds. The number of nitrogens with zero attached hydrogens (tertiary/aromatic N) is 6. The lowest BCUT2D eigenvalue weighted by Crippen LogP contribution is -2.44. The van der Waals surface area contributed by atoms with Crippen LogP contribution in [-0.4, -0.2) is 44.9 Å². The van der Waals surface area contributed by atoms with E-state index in [0.29, 0.717) is 40.5 Å². The van der Waals surface area contributed by atoms with Crippen LogP contribution in [0.5, 0.6) is 5.75 Å². The molecule has 2 aromatic heterocycles. The second-order valence-electron chi connectivity index (χ2n) is 8.31. The van der Waals surface area contributed by atoms with Gasteiger partial charge in [-0.3, -0.25) is 18.5 Å². The van der Waals surface area contributed by atoms with Crippen LogP contribution in [0, 0.1) is 23.2 Å². The van der Waals surface area contributed by atoms with E-state index in [1.165, 1.54) is 11.7 Å². The van der Waals surface area contributed by atoms with Gasteiger partial charge >= 0.3 is 5.69 Å². The van der Waals surface area contributed by atoms with Crippen LogP contribution in [0.1, 0.15) is 30.9 Å². The summed E-state index contributed by atoms with van der Waals surface area (Å²) in [5, 5.41) is 9.53. The molecule has 0 saturated carbocycles. The van der Waals surface area contributed by atoms with E-state index in [-0.39, 0.29) is 19.1 Å². The van der Waals surface area contributed by atoms with Gasteiger partial charge in [0.25, 0.3) is 5.56 Å². The van der Waals surface area contributed by atoms with E-state index in [1.807, 2.05) is 0 Å². The number of hydrogen-bond donors (Lipinski definition) is 1. The molecule has 0 radical (unpaired) electrons. The molecule has 1 aromatic carbocycles. The van der Waals surface area contributed by atoms with Crippen molar-refractivity contribution in [1.82, 2.24) is 18.7 Å². The number of ether oxygens (including phenoxy) is 1. The van der Waals surface area contributed by atoms with Crippen LogP contribution in [0.15, 0.2) is 27.8 Å². The third kappa shape index (κ3) is 4.04. The Kier molecular flexibility index (Phi) is 6.44. The summed E-state index contributed by atoms with van der Waals surface area (Å²) < 4.78 is 9.52. The molecule has 3 aromatic rings. The number of aromatic nitrogens is 4. The Morgan fingerprint density at radius 3 is 2.76 bits per heavy atom. The molecular weight excluding hydrogens is 434 g/mol. The number of nitriles is 1. The molecule has 10 heteroatoms. The minimum Gasteiger partial charge on any atom is -0.497 e. The van der Waals surface area contributed by atoms with Crippen molar-refractivity contribution < 1.29 is 4.74 Å². The predicted molar refractivity (Wildman–Crippen MR) is 129 cm³/mol. The number of piperidine rings is 1. The Morgan fingerprint density at radius 2 is 2.09 bits per heavy atom. The molecule has 4 rings (SSSR count). The standard InChI is InChI=1S/C24H27N7O3/c1-4-5-11-30-20-21(27-23(30)29-10-6-7-18(26)15-29)28(2)24(33)31(22(20)32)14-17-12-19(34-3)9-8-16(17)13-25/h8-9,12,18H,6-7,10-11,14-15,26H2,1-3H3. The van der Waals surface area contributed by atoms with Crippen LogP contribution in [0.4, 0.5) is 5.95 Å². The average Bonchev–Trinajstić information content (AvgIpc) is 3.23. The van der Waals surface area contributed by atoms with Gasteiger partial charge in [-0.2, -0.15) is 10.2 Å². The lowest BCUT2D eigenvalue weighted by Gasteiger charge is -2.31. The molecule has 34 heavy (non-hydrogen) atoms. The normalized spacial score (nSPS) is 15.6. The largest absolute Gasteiger partial charge is 0.497 e.